The molecule has 0 saturated carbocycles. The van der Waals surface area contributed by atoms with Crippen molar-refractivity contribution in [3.8, 4) is 0 Å². The van der Waals surface area contributed by atoms with Gasteiger partial charge in [-0.15, -0.1) is 11.8 Å². The second kappa shape index (κ2) is 4.86. The SMILES string of the molecule is CSc1c(Br)cc(CN)cc1S(C)(=O)=O. The largest absolute Gasteiger partial charge is 0.326 e. The van der Waals surface area contributed by atoms with E-state index in [0.29, 0.717) is 11.4 Å². The highest BCUT2D eigenvalue weighted by molar-refractivity contribution is 9.10. The summed E-state index contributed by atoms with van der Waals surface area (Å²) in [6.07, 6.45) is 3.05. The molecule has 3 nitrogen and oxygen atoms in total. The molecule has 0 aliphatic heterocycles. The van der Waals surface area contributed by atoms with E-state index in [4.69, 9.17) is 5.73 Å². The summed E-state index contributed by atoms with van der Waals surface area (Å²) in [5, 5.41) is 0. The molecule has 0 aliphatic rings. The normalized spacial score (nSPS) is 11.7. The number of halogens is 1. The fourth-order valence-electron chi connectivity index (χ4n) is 1.21. The third-order valence-electron chi connectivity index (χ3n) is 1.91. The third kappa shape index (κ3) is 2.96. The summed E-state index contributed by atoms with van der Waals surface area (Å²) in [7, 11) is -3.21. The number of rotatable bonds is 3. The van der Waals surface area contributed by atoms with Crippen molar-refractivity contribution in [2.45, 2.75) is 16.3 Å². The topological polar surface area (TPSA) is 60.2 Å². The Morgan fingerprint density at radius 3 is 2.47 bits per heavy atom. The number of hydrogen-bond donors (Lipinski definition) is 1. The Bertz CT molecular complexity index is 471. The molecular formula is C9H12BrNO2S2. The maximum Gasteiger partial charge on any atom is 0.176 e. The van der Waals surface area contributed by atoms with Crippen molar-refractivity contribution in [3.05, 3.63) is 22.2 Å². The van der Waals surface area contributed by atoms with Crippen molar-refractivity contribution >= 4 is 37.5 Å². The van der Waals surface area contributed by atoms with Gasteiger partial charge in [-0.05, 0) is 39.9 Å². The second-order valence-electron chi connectivity index (χ2n) is 3.09. The maximum atomic E-state index is 11.6. The van der Waals surface area contributed by atoms with Gasteiger partial charge >= 0.3 is 0 Å². The molecule has 0 bridgehead atoms. The fraction of sp³-hybridized carbons (Fsp3) is 0.333. The van der Waals surface area contributed by atoms with Crippen molar-refractivity contribution in [2.75, 3.05) is 12.5 Å². The van der Waals surface area contributed by atoms with E-state index in [9.17, 15) is 8.42 Å². The molecule has 0 radical (unpaired) electrons. The van der Waals surface area contributed by atoms with Gasteiger partial charge in [0.2, 0.25) is 0 Å². The number of thioether (sulfide) groups is 1. The van der Waals surface area contributed by atoms with Gasteiger partial charge in [-0.1, -0.05) is 0 Å². The van der Waals surface area contributed by atoms with Crippen molar-refractivity contribution in [1.29, 1.82) is 0 Å². The Balaban J connectivity index is 3.53. The number of sulfone groups is 1. The molecule has 0 fully saturated rings. The molecular weight excluding hydrogens is 298 g/mol. The van der Waals surface area contributed by atoms with Crippen LogP contribution in [0, 0.1) is 0 Å². The van der Waals surface area contributed by atoms with Crippen LogP contribution in [-0.2, 0) is 16.4 Å². The Morgan fingerprint density at radius 1 is 1.47 bits per heavy atom. The van der Waals surface area contributed by atoms with Crippen LogP contribution in [0.15, 0.2) is 26.4 Å². The van der Waals surface area contributed by atoms with Crippen LogP contribution in [0.25, 0.3) is 0 Å². The molecule has 0 aromatic heterocycles. The number of benzene rings is 1. The van der Waals surface area contributed by atoms with Gasteiger partial charge in [-0.2, -0.15) is 0 Å². The van der Waals surface area contributed by atoms with Crippen molar-refractivity contribution in [3.63, 3.8) is 0 Å². The highest BCUT2D eigenvalue weighted by atomic mass is 79.9. The van der Waals surface area contributed by atoms with Crippen LogP contribution in [0.5, 0.6) is 0 Å². The minimum absolute atomic E-state index is 0.329. The predicted octanol–water partition coefficient (Wildman–Crippen LogP) is 2.03. The molecule has 0 atom stereocenters. The van der Waals surface area contributed by atoms with Crippen LogP contribution in [0.1, 0.15) is 5.56 Å². The summed E-state index contributed by atoms with van der Waals surface area (Å²) in [4.78, 5) is 1.07. The van der Waals surface area contributed by atoms with Crippen LogP contribution in [0.4, 0.5) is 0 Å². The molecule has 0 aliphatic carbocycles. The van der Waals surface area contributed by atoms with E-state index in [1.54, 1.807) is 6.07 Å². The molecule has 1 aromatic carbocycles. The highest BCUT2D eigenvalue weighted by Gasteiger charge is 2.16. The van der Waals surface area contributed by atoms with E-state index >= 15 is 0 Å². The molecule has 6 heteroatoms. The third-order valence-corrected chi connectivity index (χ3v) is 4.89. The summed E-state index contributed by atoms with van der Waals surface area (Å²) < 4.78 is 23.9. The lowest BCUT2D eigenvalue weighted by molar-refractivity contribution is 0.599. The fourth-order valence-corrected chi connectivity index (χ4v) is 4.37. The molecule has 84 valence electrons. The van der Waals surface area contributed by atoms with Gasteiger partial charge in [-0.3, -0.25) is 0 Å². The number of hydrogen-bond acceptors (Lipinski definition) is 4. The zero-order valence-corrected chi connectivity index (χ0v) is 11.7. The molecule has 2 N–H and O–H groups in total. The van der Waals surface area contributed by atoms with Crippen molar-refractivity contribution in [1.82, 2.24) is 0 Å². The van der Waals surface area contributed by atoms with Crippen LogP contribution in [0.2, 0.25) is 0 Å². The smallest absolute Gasteiger partial charge is 0.176 e. The van der Waals surface area contributed by atoms with Crippen LogP contribution >= 0.6 is 27.7 Å². The Labute approximate surface area is 102 Å². The Morgan fingerprint density at radius 2 is 2.07 bits per heavy atom. The molecule has 0 saturated heterocycles. The van der Waals surface area contributed by atoms with Crippen molar-refractivity contribution in [2.24, 2.45) is 5.73 Å². The van der Waals surface area contributed by atoms with E-state index in [1.165, 1.54) is 18.0 Å². The zero-order chi connectivity index (χ0) is 11.6. The second-order valence-corrected chi connectivity index (χ2v) is 6.74. The quantitative estimate of drug-likeness (QED) is 0.868. The minimum Gasteiger partial charge on any atom is -0.326 e. The van der Waals surface area contributed by atoms with Gasteiger partial charge < -0.3 is 5.73 Å². The monoisotopic (exact) mass is 309 g/mol. The van der Waals surface area contributed by atoms with E-state index in [0.717, 1.165) is 14.9 Å². The van der Waals surface area contributed by atoms with Crippen LogP contribution in [0.3, 0.4) is 0 Å². The first-order chi connectivity index (χ1) is 6.90. The predicted molar refractivity (Wildman–Crippen MR) is 66.9 cm³/mol. The molecule has 0 unspecified atom stereocenters. The van der Waals surface area contributed by atoms with Crippen molar-refractivity contribution < 1.29 is 8.42 Å². The molecule has 1 rings (SSSR count). The summed E-state index contributed by atoms with van der Waals surface area (Å²) >= 11 is 4.75. The van der Waals surface area contributed by atoms with Gasteiger partial charge in [0, 0.05) is 22.2 Å². The lowest BCUT2D eigenvalue weighted by Gasteiger charge is -2.10. The van der Waals surface area contributed by atoms with E-state index in [-0.39, 0.29) is 0 Å². The highest BCUT2D eigenvalue weighted by Crippen LogP contribution is 2.33. The first kappa shape index (κ1) is 13.0. The van der Waals surface area contributed by atoms with Gasteiger partial charge in [0.15, 0.2) is 9.84 Å². The summed E-state index contributed by atoms with van der Waals surface area (Å²) in [6.45, 7) is 0.329. The van der Waals surface area contributed by atoms with Crippen LogP contribution < -0.4 is 5.73 Å². The Hall–Kier alpha value is -0.0400. The summed E-state index contributed by atoms with van der Waals surface area (Å²) in [5.41, 5.74) is 6.31. The van der Waals surface area contributed by atoms with Crippen LogP contribution in [-0.4, -0.2) is 20.9 Å². The first-order valence-corrected chi connectivity index (χ1v) is 8.07. The van der Waals surface area contributed by atoms with E-state index in [2.05, 4.69) is 15.9 Å². The number of nitrogens with two attached hydrogens (primary N) is 1. The van der Waals surface area contributed by atoms with Gasteiger partial charge in [0.1, 0.15) is 0 Å². The van der Waals surface area contributed by atoms with E-state index < -0.39 is 9.84 Å². The molecule has 0 spiro atoms. The summed E-state index contributed by atoms with van der Waals surface area (Å²) in [5.74, 6) is 0. The minimum atomic E-state index is -3.21. The standard InChI is InChI=1S/C9H12BrNO2S2/c1-14-9-7(10)3-6(5-11)4-8(9)15(2,12)13/h3-4H,5,11H2,1-2H3. The van der Waals surface area contributed by atoms with Gasteiger partial charge in [0.05, 0.1) is 4.90 Å². The van der Waals surface area contributed by atoms with Gasteiger partial charge in [0.25, 0.3) is 0 Å². The van der Waals surface area contributed by atoms with Gasteiger partial charge in [-0.25, -0.2) is 8.42 Å². The van der Waals surface area contributed by atoms with E-state index in [1.807, 2.05) is 12.3 Å². The molecule has 15 heavy (non-hydrogen) atoms. The average molecular weight is 310 g/mol. The first-order valence-electron chi connectivity index (χ1n) is 4.16. The zero-order valence-electron chi connectivity index (χ0n) is 8.45. The lowest BCUT2D eigenvalue weighted by Crippen LogP contribution is -2.04. The average Bonchev–Trinajstić information content (AvgIpc) is 2.15. The lowest BCUT2D eigenvalue weighted by atomic mass is 10.2. The summed E-state index contributed by atoms with van der Waals surface area (Å²) in [6, 6.07) is 3.48. The molecule has 0 amide bonds. The maximum absolute atomic E-state index is 11.6. The molecule has 1 aromatic rings. The molecule has 0 heterocycles. The Kier molecular flexibility index (Phi) is 4.22.